The molecule has 0 atom stereocenters. The van der Waals surface area contributed by atoms with Crippen LogP contribution >= 0.6 is 0 Å². The summed E-state index contributed by atoms with van der Waals surface area (Å²) in [5.41, 5.74) is 1.22. The van der Waals surface area contributed by atoms with E-state index in [1.165, 1.54) is 0 Å². The molecule has 6 heteroatoms. The molecule has 0 saturated carbocycles. The zero-order valence-electron chi connectivity index (χ0n) is 11.9. The molecular weight excluding hydrogens is 272 g/mol. The van der Waals surface area contributed by atoms with Gasteiger partial charge in [0.2, 0.25) is 6.79 Å². The summed E-state index contributed by atoms with van der Waals surface area (Å²) < 4.78 is 15.7. The minimum atomic E-state index is -0.261. The molecule has 0 fully saturated rings. The third-order valence-corrected chi connectivity index (χ3v) is 3.22. The van der Waals surface area contributed by atoms with Crippen molar-refractivity contribution in [2.75, 3.05) is 6.79 Å². The molecule has 1 amide bonds. The molecule has 2 aromatic rings. The summed E-state index contributed by atoms with van der Waals surface area (Å²) in [5.74, 6) is 2.06. The molecule has 1 aliphatic heterocycles. The smallest absolute Gasteiger partial charge is 0.273 e. The molecule has 110 valence electrons. The van der Waals surface area contributed by atoms with Gasteiger partial charge in [-0.1, -0.05) is 25.1 Å². The highest BCUT2D eigenvalue weighted by Crippen LogP contribution is 2.32. The normalized spacial score (nSPS) is 12.7. The lowest BCUT2D eigenvalue weighted by atomic mass is 10.1. The van der Waals surface area contributed by atoms with E-state index in [1.54, 1.807) is 6.07 Å². The monoisotopic (exact) mass is 288 g/mol. The van der Waals surface area contributed by atoms with E-state index in [1.807, 2.05) is 32.0 Å². The first-order valence-corrected chi connectivity index (χ1v) is 6.77. The first-order chi connectivity index (χ1) is 10.1. The number of ether oxygens (including phenoxy) is 2. The van der Waals surface area contributed by atoms with E-state index >= 15 is 0 Å². The van der Waals surface area contributed by atoms with Crippen LogP contribution in [0.3, 0.4) is 0 Å². The Morgan fingerprint density at radius 3 is 2.86 bits per heavy atom. The number of hydrogen-bond acceptors (Lipinski definition) is 5. The van der Waals surface area contributed by atoms with E-state index in [2.05, 4.69) is 10.5 Å². The molecule has 0 radical (unpaired) electrons. The molecular formula is C15H16N2O4. The number of nitrogens with zero attached hydrogens (tertiary/aromatic N) is 1. The third-order valence-electron chi connectivity index (χ3n) is 3.22. The van der Waals surface area contributed by atoms with Gasteiger partial charge >= 0.3 is 0 Å². The van der Waals surface area contributed by atoms with E-state index < -0.39 is 0 Å². The number of hydrogen-bond donors (Lipinski definition) is 1. The Balaban J connectivity index is 1.62. The molecule has 1 aromatic heterocycles. The van der Waals surface area contributed by atoms with Crippen LogP contribution in [-0.4, -0.2) is 17.9 Å². The average molecular weight is 288 g/mol. The van der Waals surface area contributed by atoms with Gasteiger partial charge in [-0.15, -0.1) is 0 Å². The van der Waals surface area contributed by atoms with Gasteiger partial charge in [0.05, 0.1) is 0 Å². The molecule has 1 aromatic carbocycles. The van der Waals surface area contributed by atoms with Crippen molar-refractivity contribution >= 4 is 5.91 Å². The molecule has 21 heavy (non-hydrogen) atoms. The van der Waals surface area contributed by atoms with E-state index in [0.29, 0.717) is 23.7 Å². The van der Waals surface area contributed by atoms with E-state index in [4.69, 9.17) is 14.0 Å². The quantitative estimate of drug-likeness (QED) is 0.935. The second-order valence-corrected chi connectivity index (χ2v) is 5.14. The Morgan fingerprint density at radius 2 is 2.10 bits per heavy atom. The number of rotatable bonds is 4. The Bertz CT molecular complexity index is 663. The molecule has 2 heterocycles. The number of carbonyl (C=O) groups is 1. The highest BCUT2D eigenvalue weighted by molar-refractivity contribution is 5.92. The molecule has 0 bridgehead atoms. The van der Waals surface area contributed by atoms with Crippen molar-refractivity contribution in [2.24, 2.45) is 0 Å². The van der Waals surface area contributed by atoms with Crippen LogP contribution in [0.2, 0.25) is 0 Å². The molecule has 0 saturated heterocycles. The average Bonchev–Trinajstić information content (AvgIpc) is 3.12. The van der Waals surface area contributed by atoms with Gasteiger partial charge in [0, 0.05) is 18.5 Å². The topological polar surface area (TPSA) is 73.6 Å². The van der Waals surface area contributed by atoms with Crippen molar-refractivity contribution < 1.29 is 18.8 Å². The minimum Gasteiger partial charge on any atom is -0.454 e. The SMILES string of the molecule is CC(C)c1cc(C(=O)NCc2ccc3c(c2)OCO3)no1. The number of amides is 1. The largest absolute Gasteiger partial charge is 0.454 e. The number of carbonyl (C=O) groups excluding carboxylic acids is 1. The van der Waals surface area contributed by atoms with Crippen molar-refractivity contribution in [3.05, 3.63) is 41.3 Å². The number of fused-ring (bicyclic) bond motifs is 1. The first-order valence-electron chi connectivity index (χ1n) is 6.77. The predicted molar refractivity (Wildman–Crippen MR) is 74.3 cm³/mol. The molecule has 0 spiro atoms. The van der Waals surface area contributed by atoms with Crippen molar-refractivity contribution in [1.82, 2.24) is 10.5 Å². The van der Waals surface area contributed by atoms with Gasteiger partial charge in [-0.3, -0.25) is 4.79 Å². The fraction of sp³-hybridized carbons (Fsp3) is 0.333. The molecule has 6 nitrogen and oxygen atoms in total. The van der Waals surface area contributed by atoms with Crippen LogP contribution in [0, 0.1) is 0 Å². The number of nitrogens with one attached hydrogen (secondary N) is 1. The lowest BCUT2D eigenvalue weighted by Crippen LogP contribution is -2.23. The molecule has 0 aliphatic carbocycles. The van der Waals surface area contributed by atoms with Gasteiger partial charge < -0.3 is 19.3 Å². The molecule has 1 N–H and O–H groups in total. The number of benzene rings is 1. The van der Waals surface area contributed by atoms with E-state index in [0.717, 1.165) is 11.3 Å². The maximum absolute atomic E-state index is 12.0. The Kier molecular flexibility index (Phi) is 3.51. The van der Waals surface area contributed by atoms with E-state index in [9.17, 15) is 4.79 Å². The van der Waals surface area contributed by atoms with Crippen molar-refractivity contribution in [2.45, 2.75) is 26.3 Å². The summed E-state index contributed by atoms with van der Waals surface area (Å²) in [7, 11) is 0. The van der Waals surface area contributed by atoms with Gasteiger partial charge in [0.15, 0.2) is 17.2 Å². The van der Waals surface area contributed by atoms with Crippen LogP contribution in [0.4, 0.5) is 0 Å². The maximum Gasteiger partial charge on any atom is 0.273 e. The molecule has 3 rings (SSSR count). The summed E-state index contributed by atoms with van der Waals surface area (Å²) in [4.78, 5) is 12.0. The van der Waals surface area contributed by atoms with E-state index in [-0.39, 0.29) is 18.6 Å². The molecule has 0 unspecified atom stereocenters. The van der Waals surface area contributed by atoms with Crippen molar-refractivity contribution in [1.29, 1.82) is 0 Å². The summed E-state index contributed by atoms with van der Waals surface area (Å²) in [6.45, 7) is 4.59. The van der Waals surface area contributed by atoms with Gasteiger partial charge in [-0.25, -0.2) is 0 Å². The van der Waals surface area contributed by atoms with Gasteiger partial charge in [-0.05, 0) is 17.7 Å². The second kappa shape index (κ2) is 5.47. The third kappa shape index (κ3) is 2.84. The fourth-order valence-electron chi connectivity index (χ4n) is 1.99. The Morgan fingerprint density at radius 1 is 1.29 bits per heavy atom. The van der Waals surface area contributed by atoms with Crippen LogP contribution < -0.4 is 14.8 Å². The fourth-order valence-corrected chi connectivity index (χ4v) is 1.99. The van der Waals surface area contributed by atoms with Crippen molar-refractivity contribution in [3.8, 4) is 11.5 Å². The van der Waals surface area contributed by atoms with Crippen LogP contribution in [0.1, 0.15) is 41.6 Å². The van der Waals surface area contributed by atoms with Crippen molar-refractivity contribution in [3.63, 3.8) is 0 Å². The zero-order valence-corrected chi connectivity index (χ0v) is 11.9. The summed E-state index contributed by atoms with van der Waals surface area (Å²) in [6, 6.07) is 7.23. The zero-order chi connectivity index (χ0) is 14.8. The summed E-state index contributed by atoms with van der Waals surface area (Å²) >= 11 is 0. The van der Waals surface area contributed by atoms with Crippen LogP contribution in [0.15, 0.2) is 28.8 Å². The van der Waals surface area contributed by atoms with Gasteiger partial charge in [0.1, 0.15) is 5.76 Å². The summed E-state index contributed by atoms with van der Waals surface area (Å²) in [5, 5.41) is 6.58. The Labute approximate surface area is 122 Å². The van der Waals surface area contributed by atoms with Crippen LogP contribution in [0.25, 0.3) is 0 Å². The maximum atomic E-state index is 12.0. The van der Waals surface area contributed by atoms with Crippen LogP contribution in [-0.2, 0) is 6.54 Å². The highest BCUT2D eigenvalue weighted by Gasteiger charge is 2.16. The second-order valence-electron chi connectivity index (χ2n) is 5.14. The first kappa shape index (κ1) is 13.5. The lowest BCUT2D eigenvalue weighted by Gasteiger charge is -2.04. The predicted octanol–water partition coefficient (Wildman–Crippen LogP) is 2.46. The molecule has 1 aliphatic rings. The Hall–Kier alpha value is -2.50. The standard InChI is InChI=1S/C15H16N2O4/c1-9(2)13-6-11(17-21-13)15(18)16-7-10-3-4-12-14(5-10)20-8-19-12/h3-6,9H,7-8H2,1-2H3,(H,16,18). The summed E-state index contributed by atoms with van der Waals surface area (Å²) in [6.07, 6.45) is 0. The van der Waals surface area contributed by atoms with Crippen LogP contribution in [0.5, 0.6) is 11.5 Å². The number of aromatic nitrogens is 1. The van der Waals surface area contributed by atoms with Gasteiger partial charge in [-0.2, -0.15) is 0 Å². The lowest BCUT2D eigenvalue weighted by molar-refractivity contribution is 0.0941. The van der Waals surface area contributed by atoms with Gasteiger partial charge in [0.25, 0.3) is 5.91 Å². The minimum absolute atomic E-state index is 0.202. The highest BCUT2D eigenvalue weighted by atomic mass is 16.7.